The molecule has 8 nitrogen and oxygen atoms in total. The summed E-state index contributed by atoms with van der Waals surface area (Å²) in [7, 11) is 0. The van der Waals surface area contributed by atoms with E-state index in [0.717, 1.165) is 63.9 Å². The minimum atomic E-state index is -0.585. The third-order valence-electron chi connectivity index (χ3n) is 11.4. The number of halogens is 2. The fourth-order valence-corrected chi connectivity index (χ4v) is 8.82. The van der Waals surface area contributed by atoms with Crippen LogP contribution in [0.15, 0.2) is 30.3 Å². The second-order valence-electron chi connectivity index (χ2n) is 15.5. The standard InChI is InChI=1S/C40H46F2N6O2/c1-6-25-21-47-26(20-43-25)13-15-31-33-36(34(42)35(44-31)29-11-8-10-24-12-14-30(41)28(7-2)32(24)29)45-38(46-37(33)47)49-23-40-17-9-19-48(40)27(16-18-40)22-50-39(3,4)5/h2,8,10-12,14,25-27,43H,6,9,13,15-23H2,1,3-5H3/t25-,26-,27+,40+/m1/s1. The molecule has 6 heterocycles. The van der Waals surface area contributed by atoms with Gasteiger partial charge in [0, 0.05) is 42.2 Å². The van der Waals surface area contributed by atoms with Crippen molar-refractivity contribution in [3.8, 4) is 29.6 Å². The van der Waals surface area contributed by atoms with E-state index in [9.17, 15) is 0 Å². The average molecular weight is 681 g/mol. The van der Waals surface area contributed by atoms with Gasteiger partial charge in [0.15, 0.2) is 5.82 Å². The summed E-state index contributed by atoms with van der Waals surface area (Å²) in [5.74, 6) is 2.07. The Hall–Kier alpha value is -3.91. The highest BCUT2D eigenvalue weighted by Crippen LogP contribution is 2.44. The first-order valence-corrected chi connectivity index (χ1v) is 18.2. The first-order chi connectivity index (χ1) is 24.1. The Balaban J connectivity index is 1.24. The molecule has 0 unspecified atom stereocenters. The number of benzene rings is 2. The van der Waals surface area contributed by atoms with E-state index in [2.05, 4.69) is 48.7 Å². The molecule has 1 N–H and O–H groups in total. The Morgan fingerprint density at radius 2 is 1.94 bits per heavy atom. The Bertz CT molecular complexity index is 2010. The van der Waals surface area contributed by atoms with E-state index in [0.29, 0.717) is 53.2 Å². The zero-order valence-electron chi connectivity index (χ0n) is 29.5. The Morgan fingerprint density at radius 3 is 2.74 bits per heavy atom. The van der Waals surface area contributed by atoms with Crippen molar-refractivity contribution in [3.63, 3.8) is 0 Å². The maximum absolute atomic E-state index is 17.2. The molecule has 4 aliphatic rings. The van der Waals surface area contributed by atoms with Crippen molar-refractivity contribution < 1.29 is 18.3 Å². The van der Waals surface area contributed by atoms with Crippen LogP contribution in [0.4, 0.5) is 14.6 Å². The summed E-state index contributed by atoms with van der Waals surface area (Å²) in [4.78, 5) is 19.8. The molecule has 0 aliphatic carbocycles. The Morgan fingerprint density at radius 1 is 1.08 bits per heavy atom. The predicted molar refractivity (Wildman–Crippen MR) is 193 cm³/mol. The number of nitrogens with zero attached hydrogens (tertiary/aromatic N) is 5. The molecule has 0 radical (unpaired) electrons. The maximum Gasteiger partial charge on any atom is 0.319 e. The molecule has 0 spiro atoms. The second-order valence-corrected chi connectivity index (χ2v) is 15.5. The van der Waals surface area contributed by atoms with Crippen LogP contribution in [0.25, 0.3) is 32.9 Å². The zero-order valence-corrected chi connectivity index (χ0v) is 29.5. The topological polar surface area (TPSA) is 75.6 Å². The third kappa shape index (κ3) is 5.68. The minimum absolute atomic E-state index is 0.0922. The average Bonchev–Trinajstić information content (AvgIpc) is 3.63. The summed E-state index contributed by atoms with van der Waals surface area (Å²) in [6.07, 6.45) is 12.4. The monoisotopic (exact) mass is 680 g/mol. The first-order valence-electron chi connectivity index (χ1n) is 18.2. The summed E-state index contributed by atoms with van der Waals surface area (Å²) in [6.45, 7) is 12.1. The van der Waals surface area contributed by atoms with E-state index in [1.807, 2.05) is 12.1 Å². The summed E-state index contributed by atoms with van der Waals surface area (Å²) in [5, 5.41) is 5.49. The van der Waals surface area contributed by atoms with Crippen LogP contribution in [0.2, 0.25) is 0 Å². The SMILES string of the molecule is C#Cc1c(F)ccc2cccc(-c3nc4c5c(nc(OC[C@@]67CCCN6[C@H](COC(C)(C)C)CC7)nc5c3F)N3C[C@@H](CC)NC[C@H]3CC4)c12. The molecule has 0 amide bonds. The molecule has 4 aliphatic heterocycles. The van der Waals surface area contributed by atoms with Crippen LogP contribution in [-0.2, 0) is 11.2 Å². The van der Waals surface area contributed by atoms with Gasteiger partial charge in [0.1, 0.15) is 29.5 Å². The number of rotatable bonds is 7. The van der Waals surface area contributed by atoms with E-state index >= 15 is 8.78 Å². The number of aryl methyl sites for hydroxylation is 1. The number of terminal acetylenes is 1. The van der Waals surface area contributed by atoms with Gasteiger partial charge in [0.25, 0.3) is 0 Å². The lowest BCUT2D eigenvalue weighted by atomic mass is 9.95. The van der Waals surface area contributed by atoms with Crippen molar-refractivity contribution in [2.24, 2.45) is 0 Å². The van der Waals surface area contributed by atoms with Gasteiger partial charge in [0.2, 0.25) is 0 Å². The molecule has 50 heavy (non-hydrogen) atoms. The lowest BCUT2D eigenvalue weighted by molar-refractivity contribution is -0.0377. The van der Waals surface area contributed by atoms with Gasteiger partial charge in [-0.25, -0.2) is 13.8 Å². The number of nitrogens with one attached hydrogen (secondary N) is 1. The van der Waals surface area contributed by atoms with Gasteiger partial charge < -0.3 is 19.7 Å². The summed E-state index contributed by atoms with van der Waals surface area (Å²) >= 11 is 0. The van der Waals surface area contributed by atoms with Gasteiger partial charge in [-0.15, -0.1) is 6.42 Å². The number of hydrogen-bond donors (Lipinski definition) is 1. The highest BCUT2D eigenvalue weighted by atomic mass is 19.1. The fourth-order valence-electron chi connectivity index (χ4n) is 8.82. The number of piperazine rings is 1. The number of aromatic nitrogens is 3. The first kappa shape index (κ1) is 33.2. The molecule has 0 bridgehead atoms. The summed E-state index contributed by atoms with van der Waals surface area (Å²) in [6, 6.07) is 9.40. The molecular formula is C40H46F2N6O2. The smallest absolute Gasteiger partial charge is 0.319 e. The second kappa shape index (κ2) is 12.7. The summed E-state index contributed by atoms with van der Waals surface area (Å²) in [5.41, 5.74) is 1.23. The predicted octanol–water partition coefficient (Wildman–Crippen LogP) is 6.80. The quantitative estimate of drug-likeness (QED) is 0.214. The third-order valence-corrected chi connectivity index (χ3v) is 11.4. The lowest BCUT2D eigenvalue weighted by Gasteiger charge is -2.40. The molecule has 4 aromatic rings. The fraction of sp³-hybridized carbons (Fsp3) is 0.525. The number of fused-ring (bicyclic) bond motifs is 4. The van der Waals surface area contributed by atoms with Crippen LogP contribution < -0.4 is 15.0 Å². The van der Waals surface area contributed by atoms with Crippen molar-refractivity contribution >= 4 is 27.5 Å². The molecule has 3 fully saturated rings. The Labute approximate surface area is 293 Å². The van der Waals surface area contributed by atoms with Crippen LogP contribution in [0.1, 0.15) is 77.5 Å². The van der Waals surface area contributed by atoms with E-state index in [1.54, 1.807) is 12.1 Å². The minimum Gasteiger partial charge on any atom is -0.461 e. The number of anilines is 1. The van der Waals surface area contributed by atoms with Crippen LogP contribution in [-0.4, -0.2) is 82.0 Å². The van der Waals surface area contributed by atoms with Crippen LogP contribution >= 0.6 is 0 Å². The lowest BCUT2D eigenvalue weighted by Crippen LogP contribution is -2.56. The largest absolute Gasteiger partial charge is 0.461 e. The van der Waals surface area contributed by atoms with Crippen molar-refractivity contribution in [1.82, 2.24) is 25.2 Å². The van der Waals surface area contributed by atoms with Gasteiger partial charge in [-0.1, -0.05) is 37.1 Å². The highest BCUT2D eigenvalue weighted by molar-refractivity contribution is 6.02. The summed E-state index contributed by atoms with van der Waals surface area (Å²) < 4.78 is 45.0. The van der Waals surface area contributed by atoms with Crippen LogP contribution in [0.5, 0.6) is 6.01 Å². The van der Waals surface area contributed by atoms with Gasteiger partial charge in [-0.05, 0) is 83.7 Å². The number of hydrogen-bond acceptors (Lipinski definition) is 8. The number of pyridine rings is 1. The van der Waals surface area contributed by atoms with Crippen molar-refractivity contribution in [3.05, 3.63) is 53.2 Å². The Kier molecular flexibility index (Phi) is 8.44. The molecule has 10 heteroatoms. The molecular weight excluding hydrogens is 634 g/mol. The molecule has 8 rings (SSSR count). The molecule has 4 atom stereocenters. The molecule has 2 aromatic heterocycles. The van der Waals surface area contributed by atoms with Gasteiger partial charge in [-0.2, -0.15) is 9.97 Å². The van der Waals surface area contributed by atoms with E-state index < -0.39 is 11.6 Å². The van der Waals surface area contributed by atoms with Crippen LogP contribution in [0, 0.1) is 24.0 Å². The van der Waals surface area contributed by atoms with Gasteiger partial charge in [-0.3, -0.25) is 4.90 Å². The molecule has 262 valence electrons. The van der Waals surface area contributed by atoms with Crippen molar-refractivity contribution in [2.45, 2.75) is 102 Å². The van der Waals surface area contributed by atoms with Crippen molar-refractivity contribution in [1.29, 1.82) is 0 Å². The van der Waals surface area contributed by atoms with Gasteiger partial charge >= 0.3 is 6.01 Å². The zero-order chi connectivity index (χ0) is 34.8. The van der Waals surface area contributed by atoms with Crippen LogP contribution in [0.3, 0.4) is 0 Å². The molecule has 2 aromatic carbocycles. The number of ether oxygens (including phenoxy) is 2. The van der Waals surface area contributed by atoms with Gasteiger partial charge in [0.05, 0.1) is 34.4 Å². The van der Waals surface area contributed by atoms with E-state index in [1.165, 1.54) is 6.07 Å². The highest BCUT2D eigenvalue weighted by Gasteiger charge is 2.50. The van der Waals surface area contributed by atoms with E-state index in [4.69, 9.17) is 30.8 Å². The van der Waals surface area contributed by atoms with E-state index in [-0.39, 0.29) is 46.0 Å². The molecule has 0 saturated carbocycles. The molecule has 3 saturated heterocycles. The normalized spacial score (nSPS) is 25.1. The maximum atomic E-state index is 17.2. The van der Waals surface area contributed by atoms with Crippen molar-refractivity contribution in [2.75, 3.05) is 37.7 Å².